The molecule has 0 bridgehead atoms. The van der Waals surface area contributed by atoms with Crippen LogP contribution in [0.3, 0.4) is 0 Å². The smallest absolute Gasteiger partial charge is 0.0162 e. The van der Waals surface area contributed by atoms with Gasteiger partial charge < -0.3 is 4.90 Å². The summed E-state index contributed by atoms with van der Waals surface area (Å²) < 4.78 is 0. The van der Waals surface area contributed by atoms with Crippen LogP contribution in [-0.2, 0) is 0 Å². The van der Waals surface area contributed by atoms with E-state index in [1.807, 2.05) is 26.2 Å². The quantitative estimate of drug-likeness (QED) is 0.584. The van der Waals surface area contributed by atoms with E-state index in [9.17, 15) is 0 Å². The molecule has 0 fully saturated rings. The molecular weight excluding hydrogens is 158 g/mol. The molecule has 0 saturated heterocycles. The van der Waals surface area contributed by atoms with Crippen LogP contribution in [0.5, 0.6) is 0 Å². The zero-order chi connectivity index (χ0) is 10.3. The molecule has 0 aliphatic carbocycles. The summed E-state index contributed by atoms with van der Waals surface area (Å²) in [4.78, 5) is 2.12. The van der Waals surface area contributed by atoms with E-state index < -0.39 is 0 Å². The summed E-state index contributed by atoms with van der Waals surface area (Å²) in [5, 5.41) is 0. The monoisotopic (exact) mass is 177 g/mol. The molecule has 0 amide bonds. The average molecular weight is 177 g/mol. The lowest BCUT2D eigenvalue weighted by Crippen LogP contribution is -2.11. The zero-order valence-electron chi connectivity index (χ0n) is 8.88. The third-order valence-electron chi connectivity index (χ3n) is 1.70. The van der Waals surface area contributed by atoms with Gasteiger partial charge in [0.25, 0.3) is 0 Å². The number of hydrogen-bond acceptors (Lipinski definition) is 1. The van der Waals surface area contributed by atoms with Gasteiger partial charge in [0.05, 0.1) is 0 Å². The first-order valence-electron chi connectivity index (χ1n) is 4.37. The largest absolute Gasteiger partial charge is 0.306 e. The van der Waals surface area contributed by atoms with Crippen molar-refractivity contribution in [1.82, 2.24) is 4.90 Å². The topological polar surface area (TPSA) is 3.24 Å². The zero-order valence-corrected chi connectivity index (χ0v) is 8.88. The van der Waals surface area contributed by atoms with Crippen LogP contribution in [0, 0.1) is 0 Å². The Morgan fingerprint density at radius 3 is 2.46 bits per heavy atom. The number of allylic oxidation sites excluding steroid dienone is 5. The van der Waals surface area contributed by atoms with Crippen molar-refractivity contribution >= 4 is 0 Å². The lowest BCUT2D eigenvalue weighted by molar-refractivity contribution is 0.455. The Labute approximate surface area is 81.8 Å². The molecule has 0 atom stereocenters. The molecule has 72 valence electrons. The summed E-state index contributed by atoms with van der Waals surface area (Å²) in [6.45, 7) is 10.6. The van der Waals surface area contributed by atoms with Gasteiger partial charge in [-0.25, -0.2) is 0 Å². The molecule has 0 aliphatic heterocycles. The highest BCUT2D eigenvalue weighted by molar-refractivity contribution is 5.36. The fourth-order valence-corrected chi connectivity index (χ4v) is 0.766. The normalized spacial score (nSPS) is 12.5. The Morgan fingerprint density at radius 1 is 1.38 bits per heavy atom. The standard InChI is InChI=1S/C12H19N/c1-6-7-8-11(2)12(3)9-10-13(4)5/h6-9H,1-2,10H2,3-5H3/b8-7-,12-9+. The summed E-state index contributed by atoms with van der Waals surface area (Å²) >= 11 is 0. The molecular formula is C12H19N. The van der Waals surface area contributed by atoms with Crippen LogP contribution < -0.4 is 0 Å². The van der Waals surface area contributed by atoms with Gasteiger partial charge in [0.15, 0.2) is 0 Å². The molecule has 13 heavy (non-hydrogen) atoms. The molecule has 0 radical (unpaired) electrons. The third-order valence-corrected chi connectivity index (χ3v) is 1.70. The fraction of sp³-hybridized carbons (Fsp3) is 0.333. The van der Waals surface area contributed by atoms with Crippen molar-refractivity contribution in [3.8, 4) is 0 Å². The predicted molar refractivity (Wildman–Crippen MR) is 60.8 cm³/mol. The second-order valence-corrected chi connectivity index (χ2v) is 3.27. The summed E-state index contributed by atoms with van der Waals surface area (Å²) in [6.07, 6.45) is 7.78. The van der Waals surface area contributed by atoms with E-state index in [1.165, 1.54) is 5.57 Å². The molecule has 0 rings (SSSR count). The van der Waals surface area contributed by atoms with E-state index >= 15 is 0 Å². The third kappa shape index (κ3) is 6.12. The lowest BCUT2D eigenvalue weighted by Gasteiger charge is -2.06. The van der Waals surface area contributed by atoms with Crippen LogP contribution in [0.15, 0.2) is 48.6 Å². The molecule has 1 nitrogen and oxygen atoms in total. The van der Waals surface area contributed by atoms with E-state index in [4.69, 9.17) is 0 Å². The van der Waals surface area contributed by atoms with Crippen molar-refractivity contribution in [1.29, 1.82) is 0 Å². The molecule has 0 aromatic carbocycles. The summed E-state index contributed by atoms with van der Waals surface area (Å²) in [6, 6.07) is 0. The number of rotatable bonds is 5. The second kappa shape index (κ2) is 6.44. The minimum Gasteiger partial charge on any atom is -0.306 e. The minimum absolute atomic E-state index is 0.951. The maximum absolute atomic E-state index is 3.95. The van der Waals surface area contributed by atoms with Gasteiger partial charge in [-0.15, -0.1) is 0 Å². The van der Waals surface area contributed by atoms with E-state index in [-0.39, 0.29) is 0 Å². The fourth-order valence-electron chi connectivity index (χ4n) is 0.766. The predicted octanol–water partition coefficient (Wildman–Crippen LogP) is 2.79. The van der Waals surface area contributed by atoms with Gasteiger partial charge in [-0.2, -0.15) is 0 Å². The van der Waals surface area contributed by atoms with Crippen LogP contribution >= 0.6 is 0 Å². The summed E-state index contributed by atoms with van der Waals surface area (Å²) in [7, 11) is 4.10. The highest BCUT2D eigenvalue weighted by atomic mass is 15.0. The van der Waals surface area contributed by atoms with Crippen LogP contribution in [0.1, 0.15) is 6.92 Å². The van der Waals surface area contributed by atoms with Crippen LogP contribution in [0.2, 0.25) is 0 Å². The molecule has 0 N–H and O–H groups in total. The van der Waals surface area contributed by atoms with Crippen molar-refractivity contribution in [3.05, 3.63) is 48.6 Å². The summed E-state index contributed by atoms with van der Waals surface area (Å²) in [5.41, 5.74) is 2.26. The van der Waals surface area contributed by atoms with Crippen molar-refractivity contribution < 1.29 is 0 Å². The molecule has 0 aromatic rings. The molecule has 0 spiro atoms. The Kier molecular flexibility index (Phi) is 5.90. The van der Waals surface area contributed by atoms with Gasteiger partial charge in [0.2, 0.25) is 0 Å². The molecule has 0 aromatic heterocycles. The number of likely N-dealkylation sites (N-methyl/N-ethyl adjacent to an activating group) is 1. The highest BCUT2D eigenvalue weighted by Crippen LogP contribution is 2.07. The Bertz CT molecular complexity index is 232. The maximum Gasteiger partial charge on any atom is 0.0162 e. The molecule has 0 heterocycles. The van der Waals surface area contributed by atoms with Gasteiger partial charge >= 0.3 is 0 Å². The SMILES string of the molecule is C=C/C=C\C(=C)/C(C)=C/CN(C)C. The van der Waals surface area contributed by atoms with Gasteiger partial charge in [-0.3, -0.25) is 0 Å². The van der Waals surface area contributed by atoms with E-state index in [2.05, 4.69) is 31.1 Å². The van der Waals surface area contributed by atoms with Crippen molar-refractivity contribution in [2.75, 3.05) is 20.6 Å². The Morgan fingerprint density at radius 2 is 2.00 bits per heavy atom. The van der Waals surface area contributed by atoms with Crippen LogP contribution in [0.25, 0.3) is 0 Å². The molecule has 0 saturated carbocycles. The molecule has 0 aliphatic rings. The van der Waals surface area contributed by atoms with E-state index in [0.717, 1.165) is 12.1 Å². The van der Waals surface area contributed by atoms with Crippen molar-refractivity contribution in [3.63, 3.8) is 0 Å². The minimum atomic E-state index is 0.951. The Hall–Kier alpha value is -1.08. The number of hydrogen-bond donors (Lipinski definition) is 0. The van der Waals surface area contributed by atoms with Gasteiger partial charge in [0.1, 0.15) is 0 Å². The van der Waals surface area contributed by atoms with Crippen molar-refractivity contribution in [2.45, 2.75) is 6.92 Å². The average Bonchev–Trinajstić information content (AvgIpc) is 2.10. The first kappa shape index (κ1) is 11.9. The van der Waals surface area contributed by atoms with Crippen LogP contribution in [0.4, 0.5) is 0 Å². The molecule has 1 heteroatoms. The first-order valence-corrected chi connectivity index (χ1v) is 4.37. The summed E-state index contributed by atoms with van der Waals surface area (Å²) in [5.74, 6) is 0. The molecule has 0 unspecified atom stereocenters. The van der Waals surface area contributed by atoms with Gasteiger partial charge in [-0.05, 0) is 32.2 Å². The van der Waals surface area contributed by atoms with E-state index in [1.54, 1.807) is 6.08 Å². The second-order valence-electron chi connectivity index (χ2n) is 3.27. The van der Waals surface area contributed by atoms with Gasteiger partial charge in [-0.1, -0.05) is 37.5 Å². The van der Waals surface area contributed by atoms with E-state index in [0.29, 0.717) is 0 Å². The van der Waals surface area contributed by atoms with Gasteiger partial charge in [0, 0.05) is 6.54 Å². The number of nitrogens with zero attached hydrogens (tertiary/aromatic N) is 1. The lowest BCUT2D eigenvalue weighted by atomic mass is 10.1. The van der Waals surface area contributed by atoms with Crippen LogP contribution in [-0.4, -0.2) is 25.5 Å². The maximum atomic E-state index is 3.95. The first-order chi connectivity index (χ1) is 6.07. The Balaban J connectivity index is 4.16. The highest BCUT2D eigenvalue weighted by Gasteiger charge is 1.91. The van der Waals surface area contributed by atoms with Crippen molar-refractivity contribution in [2.24, 2.45) is 0 Å².